The number of anilines is 1. The van der Waals surface area contributed by atoms with Crippen molar-refractivity contribution in [3.05, 3.63) is 35.4 Å². The number of hydrogen-bond donors (Lipinski definition) is 1. The van der Waals surface area contributed by atoms with Crippen LogP contribution in [0.5, 0.6) is 0 Å². The van der Waals surface area contributed by atoms with E-state index in [9.17, 15) is 8.78 Å². The molecule has 4 heteroatoms. The monoisotopic (exact) mass is 194 g/mol. The van der Waals surface area contributed by atoms with Crippen LogP contribution in [0.3, 0.4) is 0 Å². The van der Waals surface area contributed by atoms with Gasteiger partial charge in [0.2, 0.25) is 0 Å². The number of benzene rings is 1. The standard InChI is InChI=1S/C10H8F2N2/c11-8-4-5-9(14)10(12)7(8)3-1-2-6-13/h1,3-5H,2,14H2. The highest BCUT2D eigenvalue weighted by Crippen LogP contribution is 2.19. The fraction of sp³-hybridized carbons (Fsp3) is 0.100. The molecule has 1 aromatic carbocycles. The number of nitrogens with zero attached hydrogens (tertiary/aromatic N) is 1. The molecule has 0 aliphatic carbocycles. The Morgan fingerprint density at radius 3 is 2.79 bits per heavy atom. The molecule has 2 nitrogen and oxygen atoms in total. The third-order valence-corrected chi connectivity index (χ3v) is 1.65. The maximum atomic E-state index is 13.2. The summed E-state index contributed by atoms with van der Waals surface area (Å²) >= 11 is 0. The Bertz CT molecular complexity index is 405. The van der Waals surface area contributed by atoms with Gasteiger partial charge >= 0.3 is 0 Å². The van der Waals surface area contributed by atoms with Crippen LogP contribution in [-0.2, 0) is 0 Å². The predicted molar refractivity (Wildman–Crippen MR) is 50.0 cm³/mol. The van der Waals surface area contributed by atoms with Gasteiger partial charge in [0.25, 0.3) is 0 Å². The van der Waals surface area contributed by atoms with Crippen molar-refractivity contribution in [1.29, 1.82) is 5.26 Å². The fourth-order valence-electron chi connectivity index (χ4n) is 0.968. The summed E-state index contributed by atoms with van der Waals surface area (Å²) in [5.74, 6) is -1.48. The van der Waals surface area contributed by atoms with Crippen molar-refractivity contribution in [3.63, 3.8) is 0 Å². The zero-order valence-corrected chi connectivity index (χ0v) is 7.30. The van der Waals surface area contributed by atoms with Crippen LogP contribution < -0.4 is 5.73 Å². The average Bonchev–Trinajstić information content (AvgIpc) is 2.18. The Hall–Kier alpha value is -1.89. The number of nitriles is 1. The normalized spacial score (nSPS) is 10.4. The van der Waals surface area contributed by atoms with Gasteiger partial charge in [0, 0.05) is 5.56 Å². The summed E-state index contributed by atoms with van der Waals surface area (Å²) in [4.78, 5) is 0. The molecular weight excluding hydrogens is 186 g/mol. The minimum absolute atomic E-state index is 0.105. The Labute approximate surface area is 80.3 Å². The van der Waals surface area contributed by atoms with Gasteiger partial charge in [-0.2, -0.15) is 5.26 Å². The van der Waals surface area contributed by atoms with Gasteiger partial charge in [-0.3, -0.25) is 0 Å². The molecule has 0 aromatic heterocycles. The predicted octanol–water partition coefficient (Wildman–Crippen LogP) is 2.47. The molecule has 0 unspecified atom stereocenters. The minimum atomic E-state index is -0.792. The zero-order valence-electron chi connectivity index (χ0n) is 7.30. The van der Waals surface area contributed by atoms with Crippen LogP contribution in [0.25, 0.3) is 6.08 Å². The van der Waals surface area contributed by atoms with Crippen molar-refractivity contribution in [3.8, 4) is 6.07 Å². The number of hydrogen-bond acceptors (Lipinski definition) is 2. The SMILES string of the molecule is N#CCC=Cc1c(F)ccc(N)c1F. The molecular formula is C10H8F2N2. The highest BCUT2D eigenvalue weighted by atomic mass is 19.1. The Kier molecular flexibility index (Phi) is 3.19. The molecule has 0 aliphatic rings. The van der Waals surface area contributed by atoms with E-state index in [1.165, 1.54) is 12.2 Å². The quantitative estimate of drug-likeness (QED) is 0.735. The lowest BCUT2D eigenvalue weighted by atomic mass is 10.1. The van der Waals surface area contributed by atoms with Gasteiger partial charge in [-0.25, -0.2) is 8.78 Å². The van der Waals surface area contributed by atoms with Gasteiger partial charge in [0.1, 0.15) is 5.82 Å². The van der Waals surface area contributed by atoms with Crippen LogP contribution in [0.15, 0.2) is 18.2 Å². The van der Waals surface area contributed by atoms with Crippen LogP contribution in [0.2, 0.25) is 0 Å². The summed E-state index contributed by atoms with van der Waals surface area (Å²) in [6, 6.07) is 4.08. The molecule has 1 rings (SSSR count). The van der Waals surface area contributed by atoms with Crippen molar-refractivity contribution in [2.45, 2.75) is 6.42 Å². The summed E-state index contributed by atoms with van der Waals surface area (Å²) in [6.45, 7) is 0. The van der Waals surface area contributed by atoms with Gasteiger partial charge in [0.05, 0.1) is 18.2 Å². The first-order valence-corrected chi connectivity index (χ1v) is 3.93. The van der Waals surface area contributed by atoms with Crippen molar-refractivity contribution in [2.75, 3.05) is 5.73 Å². The average molecular weight is 194 g/mol. The van der Waals surface area contributed by atoms with E-state index in [0.717, 1.165) is 12.1 Å². The molecule has 0 fully saturated rings. The van der Waals surface area contributed by atoms with E-state index < -0.39 is 11.6 Å². The second-order valence-corrected chi connectivity index (χ2v) is 2.63. The number of nitrogens with two attached hydrogens (primary N) is 1. The van der Waals surface area contributed by atoms with Gasteiger partial charge in [-0.05, 0) is 12.1 Å². The second-order valence-electron chi connectivity index (χ2n) is 2.63. The van der Waals surface area contributed by atoms with Crippen LogP contribution in [0.1, 0.15) is 12.0 Å². The molecule has 0 spiro atoms. The Balaban J connectivity index is 3.08. The molecule has 0 saturated carbocycles. The van der Waals surface area contributed by atoms with Crippen molar-refractivity contribution >= 4 is 11.8 Å². The van der Waals surface area contributed by atoms with E-state index in [1.54, 1.807) is 0 Å². The van der Waals surface area contributed by atoms with Gasteiger partial charge in [-0.1, -0.05) is 12.2 Å². The highest BCUT2D eigenvalue weighted by Gasteiger charge is 2.08. The first kappa shape index (κ1) is 10.2. The number of allylic oxidation sites excluding steroid dienone is 1. The molecule has 0 amide bonds. The highest BCUT2D eigenvalue weighted by molar-refractivity contribution is 5.57. The van der Waals surface area contributed by atoms with Gasteiger partial charge in [0.15, 0.2) is 5.82 Å². The maximum Gasteiger partial charge on any atom is 0.156 e. The lowest BCUT2D eigenvalue weighted by Crippen LogP contribution is -1.95. The Morgan fingerprint density at radius 2 is 2.14 bits per heavy atom. The molecule has 14 heavy (non-hydrogen) atoms. The fourth-order valence-corrected chi connectivity index (χ4v) is 0.968. The van der Waals surface area contributed by atoms with E-state index in [2.05, 4.69) is 0 Å². The lowest BCUT2D eigenvalue weighted by molar-refractivity contribution is 0.581. The molecule has 0 bridgehead atoms. The lowest BCUT2D eigenvalue weighted by Gasteiger charge is -2.01. The minimum Gasteiger partial charge on any atom is -0.396 e. The van der Waals surface area contributed by atoms with E-state index in [1.807, 2.05) is 6.07 Å². The first-order valence-electron chi connectivity index (χ1n) is 3.93. The van der Waals surface area contributed by atoms with Crippen LogP contribution in [-0.4, -0.2) is 0 Å². The van der Waals surface area contributed by atoms with Gasteiger partial charge < -0.3 is 5.73 Å². The third-order valence-electron chi connectivity index (χ3n) is 1.65. The van der Waals surface area contributed by atoms with Crippen molar-refractivity contribution < 1.29 is 8.78 Å². The van der Waals surface area contributed by atoms with Crippen molar-refractivity contribution in [2.24, 2.45) is 0 Å². The van der Waals surface area contributed by atoms with E-state index in [-0.39, 0.29) is 17.7 Å². The number of nitrogen functional groups attached to an aromatic ring is 1. The largest absolute Gasteiger partial charge is 0.396 e. The first-order chi connectivity index (χ1) is 6.66. The third kappa shape index (κ3) is 2.07. The molecule has 0 atom stereocenters. The Morgan fingerprint density at radius 1 is 1.43 bits per heavy atom. The molecule has 72 valence electrons. The topological polar surface area (TPSA) is 49.8 Å². The van der Waals surface area contributed by atoms with Crippen LogP contribution in [0.4, 0.5) is 14.5 Å². The summed E-state index contributed by atoms with van der Waals surface area (Å²) in [5.41, 5.74) is 4.94. The van der Waals surface area contributed by atoms with E-state index >= 15 is 0 Å². The molecule has 0 saturated heterocycles. The second kappa shape index (κ2) is 4.38. The molecule has 0 heterocycles. The maximum absolute atomic E-state index is 13.2. The summed E-state index contributed by atoms with van der Waals surface area (Å²) in [6.07, 6.45) is 2.69. The summed E-state index contributed by atoms with van der Waals surface area (Å²) in [5, 5.41) is 8.22. The van der Waals surface area contributed by atoms with Gasteiger partial charge in [-0.15, -0.1) is 0 Å². The smallest absolute Gasteiger partial charge is 0.156 e. The summed E-state index contributed by atoms with van der Waals surface area (Å²) in [7, 11) is 0. The van der Waals surface area contributed by atoms with E-state index in [0.29, 0.717) is 0 Å². The molecule has 2 N–H and O–H groups in total. The zero-order chi connectivity index (χ0) is 10.6. The number of halogens is 2. The summed E-state index contributed by atoms with van der Waals surface area (Å²) < 4.78 is 26.2. The van der Waals surface area contributed by atoms with Crippen molar-refractivity contribution in [1.82, 2.24) is 0 Å². The van der Waals surface area contributed by atoms with E-state index in [4.69, 9.17) is 11.0 Å². The molecule has 0 radical (unpaired) electrons. The molecule has 0 aliphatic heterocycles. The van der Waals surface area contributed by atoms with Crippen LogP contribution in [0, 0.1) is 23.0 Å². The number of rotatable bonds is 2. The van der Waals surface area contributed by atoms with Crippen LogP contribution >= 0.6 is 0 Å². The molecule has 1 aromatic rings.